The first-order valence-corrected chi connectivity index (χ1v) is 7.84. The Kier molecular flexibility index (Phi) is 4.71. The van der Waals surface area contributed by atoms with Crippen LogP contribution in [0.3, 0.4) is 0 Å². The van der Waals surface area contributed by atoms with E-state index in [2.05, 4.69) is 64.3 Å². The molecule has 0 radical (unpaired) electrons. The predicted molar refractivity (Wildman–Crippen MR) is 83.4 cm³/mol. The Balaban J connectivity index is 1.97. The van der Waals surface area contributed by atoms with E-state index in [1.54, 1.807) is 11.3 Å². The molecule has 0 aliphatic heterocycles. The minimum Gasteiger partial charge on any atom is -0.306 e. The van der Waals surface area contributed by atoms with Crippen molar-refractivity contribution in [1.29, 1.82) is 0 Å². The third kappa shape index (κ3) is 5.01. The van der Waals surface area contributed by atoms with Gasteiger partial charge in [0.2, 0.25) is 0 Å². The Hall–Kier alpha value is -0.780. The van der Waals surface area contributed by atoms with Crippen LogP contribution < -0.4 is 5.32 Å². The van der Waals surface area contributed by atoms with E-state index in [1.165, 1.54) is 5.56 Å². The highest BCUT2D eigenvalue weighted by molar-refractivity contribution is 9.10. The zero-order chi connectivity index (χ0) is 13.9. The first kappa shape index (κ1) is 14.6. The topological polar surface area (TPSA) is 37.8 Å². The van der Waals surface area contributed by atoms with Crippen LogP contribution in [-0.4, -0.2) is 15.7 Å². The van der Waals surface area contributed by atoms with Gasteiger partial charge in [0, 0.05) is 16.4 Å². The van der Waals surface area contributed by atoms with Crippen LogP contribution in [-0.2, 0) is 13.0 Å². The van der Waals surface area contributed by atoms with Gasteiger partial charge in [0.15, 0.2) is 0 Å². The van der Waals surface area contributed by atoms with Gasteiger partial charge >= 0.3 is 0 Å². The summed E-state index contributed by atoms with van der Waals surface area (Å²) in [6, 6.07) is 8.30. The third-order valence-electron chi connectivity index (χ3n) is 2.52. The van der Waals surface area contributed by atoms with Crippen LogP contribution in [0.25, 0.3) is 0 Å². The molecule has 2 rings (SSSR count). The smallest absolute Gasteiger partial charge is 0.131 e. The van der Waals surface area contributed by atoms with E-state index < -0.39 is 0 Å². The fraction of sp³-hybridized carbons (Fsp3) is 0.429. The summed E-state index contributed by atoms with van der Waals surface area (Å²) in [6.07, 6.45) is 0.840. The maximum absolute atomic E-state index is 4.26. The molecule has 0 unspecified atom stereocenters. The lowest BCUT2D eigenvalue weighted by Crippen LogP contribution is -2.35. The van der Waals surface area contributed by atoms with Gasteiger partial charge in [-0.3, -0.25) is 0 Å². The molecule has 0 spiro atoms. The largest absolute Gasteiger partial charge is 0.306 e. The molecule has 0 saturated carbocycles. The van der Waals surface area contributed by atoms with Crippen LogP contribution in [0.2, 0.25) is 0 Å². The normalized spacial score (nSPS) is 11.8. The highest BCUT2D eigenvalue weighted by Gasteiger charge is 2.11. The third-order valence-corrected chi connectivity index (χ3v) is 3.94. The molecule has 0 amide bonds. The second-order valence-electron chi connectivity index (χ2n) is 5.50. The van der Waals surface area contributed by atoms with Crippen LogP contribution in [0.5, 0.6) is 0 Å². The highest BCUT2D eigenvalue weighted by atomic mass is 79.9. The summed E-state index contributed by atoms with van der Waals surface area (Å²) < 4.78 is 1.10. The number of rotatable bonds is 4. The van der Waals surface area contributed by atoms with E-state index in [0.717, 1.165) is 27.5 Å². The molecule has 0 bridgehead atoms. The summed E-state index contributed by atoms with van der Waals surface area (Å²) in [7, 11) is 0. The SMILES string of the molecule is CC(C)(C)NCc1nnc(Cc2cccc(Br)c2)s1. The Morgan fingerprint density at radius 1 is 1.21 bits per heavy atom. The zero-order valence-corrected chi connectivity index (χ0v) is 13.8. The van der Waals surface area contributed by atoms with E-state index in [-0.39, 0.29) is 5.54 Å². The molecule has 3 nitrogen and oxygen atoms in total. The molecule has 0 saturated heterocycles. The molecular weight excluding hydrogens is 322 g/mol. The van der Waals surface area contributed by atoms with E-state index in [0.29, 0.717) is 0 Å². The van der Waals surface area contributed by atoms with Crippen molar-refractivity contribution in [1.82, 2.24) is 15.5 Å². The molecule has 1 aromatic carbocycles. The van der Waals surface area contributed by atoms with Crippen molar-refractivity contribution in [2.24, 2.45) is 0 Å². The van der Waals surface area contributed by atoms with Gasteiger partial charge in [0.25, 0.3) is 0 Å². The van der Waals surface area contributed by atoms with E-state index in [1.807, 2.05) is 12.1 Å². The Bertz CT molecular complexity index is 546. The molecule has 0 fully saturated rings. The van der Waals surface area contributed by atoms with Gasteiger partial charge in [-0.05, 0) is 38.5 Å². The number of aromatic nitrogens is 2. The Morgan fingerprint density at radius 3 is 2.63 bits per heavy atom. The van der Waals surface area contributed by atoms with Crippen molar-refractivity contribution in [3.8, 4) is 0 Å². The second-order valence-corrected chi connectivity index (χ2v) is 7.56. The summed E-state index contributed by atoms with van der Waals surface area (Å²) in [5.74, 6) is 0. The first-order valence-electron chi connectivity index (χ1n) is 6.23. The summed E-state index contributed by atoms with van der Waals surface area (Å²) >= 11 is 5.16. The molecule has 19 heavy (non-hydrogen) atoms. The number of nitrogens with one attached hydrogen (secondary N) is 1. The van der Waals surface area contributed by atoms with Gasteiger partial charge in [-0.25, -0.2) is 0 Å². The number of halogens is 1. The molecule has 1 N–H and O–H groups in total. The van der Waals surface area contributed by atoms with Crippen LogP contribution >= 0.6 is 27.3 Å². The van der Waals surface area contributed by atoms with Gasteiger partial charge in [-0.15, -0.1) is 10.2 Å². The van der Waals surface area contributed by atoms with E-state index in [4.69, 9.17) is 0 Å². The fourth-order valence-corrected chi connectivity index (χ4v) is 2.86. The highest BCUT2D eigenvalue weighted by Crippen LogP contribution is 2.18. The zero-order valence-electron chi connectivity index (χ0n) is 11.4. The fourth-order valence-electron chi connectivity index (χ4n) is 1.59. The Labute approximate surface area is 126 Å². The average molecular weight is 340 g/mol. The van der Waals surface area contributed by atoms with Crippen molar-refractivity contribution < 1.29 is 0 Å². The summed E-state index contributed by atoms with van der Waals surface area (Å²) in [5.41, 5.74) is 1.36. The quantitative estimate of drug-likeness (QED) is 0.920. The molecule has 1 aromatic heterocycles. The summed E-state index contributed by atoms with van der Waals surface area (Å²) in [6.45, 7) is 7.23. The van der Waals surface area contributed by atoms with Crippen molar-refractivity contribution in [2.45, 2.75) is 39.3 Å². The van der Waals surface area contributed by atoms with Crippen molar-refractivity contribution >= 4 is 27.3 Å². The van der Waals surface area contributed by atoms with Gasteiger partial charge in [-0.1, -0.05) is 39.4 Å². The minimum absolute atomic E-state index is 0.107. The Morgan fingerprint density at radius 2 is 1.95 bits per heavy atom. The van der Waals surface area contributed by atoms with E-state index in [9.17, 15) is 0 Å². The monoisotopic (exact) mass is 339 g/mol. The average Bonchev–Trinajstić information content (AvgIpc) is 2.73. The molecule has 2 aromatic rings. The maximum atomic E-state index is 4.26. The molecule has 5 heteroatoms. The van der Waals surface area contributed by atoms with Crippen LogP contribution in [0.1, 0.15) is 36.3 Å². The van der Waals surface area contributed by atoms with Gasteiger partial charge in [-0.2, -0.15) is 0 Å². The summed E-state index contributed by atoms with van der Waals surface area (Å²) in [4.78, 5) is 0. The predicted octanol–water partition coefficient (Wildman–Crippen LogP) is 3.78. The van der Waals surface area contributed by atoms with Gasteiger partial charge in [0.05, 0.1) is 6.54 Å². The van der Waals surface area contributed by atoms with Gasteiger partial charge < -0.3 is 5.32 Å². The summed E-state index contributed by atoms with van der Waals surface area (Å²) in [5, 5.41) is 14.0. The lowest BCUT2D eigenvalue weighted by Gasteiger charge is -2.19. The van der Waals surface area contributed by atoms with Crippen molar-refractivity contribution in [3.63, 3.8) is 0 Å². The number of benzene rings is 1. The lowest BCUT2D eigenvalue weighted by atomic mass is 10.1. The second kappa shape index (κ2) is 6.11. The first-order chi connectivity index (χ1) is 8.92. The van der Waals surface area contributed by atoms with Crippen molar-refractivity contribution in [2.75, 3.05) is 0 Å². The van der Waals surface area contributed by atoms with Crippen LogP contribution in [0.15, 0.2) is 28.7 Å². The molecule has 0 aliphatic carbocycles. The molecular formula is C14H18BrN3S. The number of hydrogen-bond donors (Lipinski definition) is 1. The van der Waals surface area contributed by atoms with Gasteiger partial charge in [0.1, 0.15) is 10.0 Å². The number of hydrogen-bond acceptors (Lipinski definition) is 4. The van der Waals surface area contributed by atoms with Crippen LogP contribution in [0.4, 0.5) is 0 Å². The van der Waals surface area contributed by atoms with Crippen LogP contribution in [0, 0.1) is 0 Å². The molecule has 0 aliphatic rings. The standard InChI is InChI=1S/C14H18BrN3S/c1-14(2,3)16-9-13-18-17-12(19-13)8-10-5-4-6-11(15)7-10/h4-7,16H,8-9H2,1-3H3. The minimum atomic E-state index is 0.107. The molecule has 0 atom stereocenters. The van der Waals surface area contributed by atoms with E-state index >= 15 is 0 Å². The molecule has 102 valence electrons. The maximum Gasteiger partial charge on any atom is 0.131 e. The lowest BCUT2D eigenvalue weighted by molar-refractivity contribution is 0.423. The molecule has 1 heterocycles. The van der Waals surface area contributed by atoms with Crippen molar-refractivity contribution in [3.05, 3.63) is 44.3 Å². The number of nitrogens with zero attached hydrogens (tertiary/aromatic N) is 2.